The van der Waals surface area contributed by atoms with Crippen LogP contribution in [0.15, 0.2) is 18.2 Å². The number of hydrogen-bond acceptors (Lipinski definition) is 3. The fraction of sp³-hybridized carbons (Fsp3) is 0.533. The van der Waals surface area contributed by atoms with Crippen molar-refractivity contribution in [3.05, 3.63) is 29.3 Å². The highest BCUT2D eigenvalue weighted by molar-refractivity contribution is 5.97. The van der Waals surface area contributed by atoms with Gasteiger partial charge < -0.3 is 15.4 Å². The summed E-state index contributed by atoms with van der Waals surface area (Å²) in [6.45, 7) is 2.44. The van der Waals surface area contributed by atoms with E-state index in [0.717, 1.165) is 55.6 Å². The Morgan fingerprint density at radius 2 is 2.30 bits per heavy atom. The van der Waals surface area contributed by atoms with Crippen molar-refractivity contribution in [2.24, 2.45) is 0 Å². The average Bonchev–Trinajstić information content (AvgIpc) is 2.97. The van der Waals surface area contributed by atoms with Gasteiger partial charge >= 0.3 is 0 Å². The van der Waals surface area contributed by atoms with Crippen molar-refractivity contribution in [2.75, 3.05) is 25.0 Å². The van der Waals surface area contributed by atoms with Crippen molar-refractivity contribution >= 4 is 24.0 Å². The Hall–Kier alpha value is -1.26. The molecule has 0 aliphatic carbocycles. The normalized spacial score (nSPS) is 20.5. The molecule has 0 saturated carbocycles. The number of carbonyl (C=O) groups excluding carboxylic acids is 1. The van der Waals surface area contributed by atoms with Crippen LogP contribution >= 0.6 is 12.4 Å². The molecule has 1 fully saturated rings. The number of benzene rings is 1. The Labute approximate surface area is 125 Å². The summed E-state index contributed by atoms with van der Waals surface area (Å²) in [5.41, 5.74) is 3.07. The maximum absolute atomic E-state index is 12.3. The van der Waals surface area contributed by atoms with Crippen LogP contribution in [0.1, 0.15) is 35.2 Å². The number of carbonyl (C=O) groups is 1. The lowest BCUT2D eigenvalue weighted by molar-refractivity contribution is 0.0857. The summed E-state index contributed by atoms with van der Waals surface area (Å²) in [5.74, 6) is 0.0241. The van der Waals surface area contributed by atoms with Crippen LogP contribution in [0, 0.1) is 0 Å². The lowest BCUT2D eigenvalue weighted by Gasteiger charge is -2.21. The quantitative estimate of drug-likeness (QED) is 0.900. The number of amides is 1. The lowest BCUT2D eigenvalue weighted by atomic mass is 9.97. The molecule has 2 aliphatic rings. The SMILES string of the molecule is Cl.O=C(NCC1CCCO1)c1cccc2c1CCCN2. The first-order valence-corrected chi connectivity index (χ1v) is 7.10. The molecule has 1 atom stereocenters. The van der Waals surface area contributed by atoms with Crippen LogP contribution in [0.5, 0.6) is 0 Å². The molecular formula is C15H21ClN2O2. The maximum atomic E-state index is 12.3. The first kappa shape index (κ1) is 15.1. The lowest BCUT2D eigenvalue weighted by Crippen LogP contribution is -2.32. The highest BCUT2D eigenvalue weighted by Crippen LogP contribution is 2.25. The molecule has 1 unspecified atom stereocenters. The summed E-state index contributed by atoms with van der Waals surface area (Å²) in [5, 5.41) is 6.35. The highest BCUT2D eigenvalue weighted by atomic mass is 35.5. The van der Waals surface area contributed by atoms with Gasteiger partial charge in [-0.05, 0) is 43.4 Å². The first-order chi connectivity index (χ1) is 9.34. The Morgan fingerprint density at radius 3 is 3.10 bits per heavy atom. The third-order valence-electron chi connectivity index (χ3n) is 3.85. The molecule has 1 aromatic carbocycles. The van der Waals surface area contributed by atoms with E-state index in [1.54, 1.807) is 0 Å². The van der Waals surface area contributed by atoms with E-state index >= 15 is 0 Å². The van der Waals surface area contributed by atoms with Crippen molar-refractivity contribution < 1.29 is 9.53 Å². The van der Waals surface area contributed by atoms with Gasteiger partial charge in [-0.2, -0.15) is 0 Å². The molecular weight excluding hydrogens is 276 g/mol. The minimum absolute atomic E-state index is 0. The monoisotopic (exact) mass is 296 g/mol. The Bertz CT molecular complexity index is 473. The van der Waals surface area contributed by atoms with Crippen LogP contribution in [0.25, 0.3) is 0 Å². The second kappa shape index (κ2) is 6.95. The van der Waals surface area contributed by atoms with Gasteiger partial charge in [0.05, 0.1) is 6.10 Å². The number of nitrogens with one attached hydrogen (secondary N) is 2. The molecule has 0 spiro atoms. The van der Waals surface area contributed by atoms with E-state index in [2.05, 4.69) is 10.6 Å². The zero-order valence-corrected chi connectivity index (χ0v) is 12.3. The molecule has 110 valence electrons. The summed E-state index contributed by atoms with van der Waals surface area (Å²) < 4.78 is 5.52. The number of fused-ring (bicyclic) bond motifs is 1. The molecule has 1 aromatic rings. The molecule has 0 radical (unpaired) electrons. The molecule has 3 rings (SSSR count). The Morgan fingerprint density at radius 1 is 1.40 bits per heavy atom. The second-order valence-electron chi connectivity index (χ2n) is 5.21. The molecule has 2 aliphatic heterocycles. The smallest absolute Gasteiger partial charge is 0.251 e. The summed E-state index contributed by atoms with van der Waals surface area (Å²) in [7, 11) is 0. The van der Waals surface area contributed by atoms with E-state index < -0.39 is 0 Å². The minimum atomic E-state index is 0. The van der Waals surface area contributed by atoms with Crippen molar-refractivity contribution in [3.63, 3.8) is 0 Å². The van der Waals surface area contributed by atoms with Crippen molar-refractivity contribution in [3.8, 4) is 0 Å². The van der Waals surface area contributed by atoms with Crippen molar-refractivity contribution in [1.82, 2.24) is 5.32 Å². The topological polar surface area (TPSA) is 50.4 Å². The average molecular weight is 297 g/mol. The van der Waals surface area contributed by atoms with Gasteiger partial charge in [0.25, 0.3) is 5.91 Å². The van der Waals surface area contributed by atoms with Crippen molar-refractivity contribution in [2.45, 2.75) is 31.8 Å². The van der Waals surface area contributed by atoms with E-state index in [4.69, 9.17) is 4.74 Å². The molecule has 2 N–H and O–H groups in total. The van der Waals surface area contributed by atoms with Gasteiger partial charge in [0.15, 0.2) is 0 Å². The van der Waals surface area contributed by atoms with Gasteiger partial charge in [0, 0.05) is 30.9 Å². The zero-order valence-electron chi connectivity index (χ0n) is 11.5. The van der Waals surface area contributed by atoms with Gasteiger partial charge in [-0.3, -0.25) is 4.79 Å². The summed E-state index contributed by atoms with van der Waals surface area (Å²) in [6.07, 6.45) is 4.41. The Kier molecular flexibility index (Phi) is 5.26. The molecule has 1 amide bonds. The van der Waals surface area contributed by atoms with Crippen LogP contribution < -0.4 is 10.6 Å². The molecule has 1 saturated heterocycles. The van der Waals surface area contributed by atoms with Crippen molar-refractivity contribution in [1.29, 1.82) is 0 Å². The van der Waals surface area contributed by atoms with Gasteiger partial charge in [0.2, 0.25) is 0 Å². The van der Waals surface area contributed by atoms with E-state index in [0.29, 0.717) is 6.54 Å². The van der Waals surface area contributed by atoms with Gasteiger partial charge in [-0.15, -0.1) is 12.4 Å². The molecule has 0 aromatic heterocycles. The predicted octanol–water partition coefficient (Wildman–Crippen LogP) is 2.38. The number of anilines is 1. The Balaban J connectivity index is 0.00000147. The number of hydrogen-bond donors (Lipinski definition) is 2. The molecule has 0 bridgehead atoms. The maximum Gasteiger partial charge on any atom is 0.251 e. The zero-order chi connectivity index (χ0) is 13.1. The minimum Gasteiger partial charge on any atom is -0.385 e. The predicted molar refractivity (Wildman–Crippen MR) is 81.8 cm³/mol. The molecule has 2 heterocycles. The van der Waals surface area contributed by atoms with E-state index in [-0.39, 0.29) is 24.4 Å². The van der Waals surface area contributed by atoms with Crippen LogP contribution in [-0.2, 0) is 11.2 Å². The fourth-order valence-corrected chi connectivity index (χ4v) is 2.83. The van der Waals surface area contributed by atoms with Crippen LogP contribution in [0.4, 0.5) is 5.69 Å². The fourth-order valence-electron chi connectivity index (χ4n) is 2.83. The van der Waals surface area contributed by atoms with Gasteiger partial charge in [-0.25, -0.2) is 0 Å². The van der Waals surface area contributed by atoms with Gasteiger partial charge in [-0.1, -0.05) is 6.07 Å². The van der Waals surface area contributed by atoms with Crippen LogP contribution in [0.3, 0.4) is 0 Å². The van der Waals surface area contributed by atoms with Crippen LogP contribution in [-0.4, -0.2) is 31.7 Å². The molecule has 5 heteroatoms. The highest BCUT2D eigenvalue weighted by Gasteiger charge is 2.20. The summed E-state index contributed by atoms with van der Waals surface area (Å²) in [6, 6.07) is 5.90. The second-order valence-corrected chi connectivity index (χ2v) is 5.21. The first-order valence-electron chi connectivity index (χ1n) is 7.10. The van der Waals surface area contributed by atoms with Gasteiger partial charge in [0.1, 0.15) is 0 Å². The van der Waals surface area contributed by atoms with E-state index in [9.17, 15) is 4.79 Å². The standard InChI is InChI=1S/C15H20N2O2.ClH/c18-15(17-10-11-4-3-9-19-11)13-5-1-7-14-12(13)6-2-8-16-14;/h1,5,7,11,16H,2-4,6,8-10H2,(H,17,18);1H. The van der Waals surface area contributed by atoms with Crippen LogP contribution in [0.2, 0.25) is 0 Å². The third kappa shape index (κ3) is 3.25. The molecule has 20 heavy (non-hydrogen) atoms. The molecule has 4 nitrogen and oxygen atoms in total. The summed E-state index contributed by atoms with van der Waals surface area (Å²) in [4.78, 5) is 12.3. The number of ether oxygens (including phenoxy) is 1. The van der Waals surface area contributed by atoms with E-state index in [1.165, 1.54) is 0 Å². The summed E-state index contributed by atoms with van der Waals surface area (Å²) >= 11 is 0. The number of rotatable bonds is 3. The van der Waals surface area contributed by atoms with E-state index in [1.807, 2.05) is 18.2 Å². The third-order valence-corrected chi connectivity index (χ3v) is 3.85. The largest absolute Gasteiger partial charge is 0.385 e. The number of halogens is 1.